The number of aliphatic hydroxyl groups excluding tert-OH is 1. The van der Waals surface area contributed by atoms with Gasteiger partial charge in [-0.15, -0.1) is 0 Å². The van der Waals surface area contributed by atoms with Crippen molar-refractivity contribution in [3.8, 4) is 22.6 Å². The van der Waals surface area contributed by atoms with Gasteiger partial charge in [0.1, 0.15) is 41.8 Å². The zero-order valence-electron chi connectivity index (χ0n) is 22.2. The van der Waals surface area contributed by atoms with Gasteiger partial charge in [0.05, 0.1) is 11.6 Å². The minimum atomic E-state index is -1.16. The maximum Gasteiger partial charge on any atom is 0.323 e. The average molecular weight is 574 g/mol. The Hall–Kier alpha value is -4.44. The summed E-state index contributed by atoms with van der Waals surface area (Å²) < 4.78 is 17.1. The summed E-state index contributed by atoms with van der Waals surface area (Å²) in [5, 5.41) is 29.6. The van der Waals surface area contributed by atoms with E-state index in [2.05, 4.69) is 40.8 Å². The van der Waals surface area contributed by atoms with Crippen molar-refractivity contribution in [2.75, 3.05) is 6.61 Å². The number of halogens is 1. The highest BCUT2D eigenvalue weighted by Crippen LogP contribution is 2.35. The lowest BCUT2D eigenvalue weighted by atomic mass is 9.97. The lowest BCUT2D eigenvalue weighted by Crippen LogP contribution is -2.39. The molecule has 4 aromatic carbocycles. The van der Waals surface area contributed by atoms with Crippen LogP contribution in [-0.2, 0) is 24.6 Å². The molecule has 0 saturated heterocycles. The number of carboxylic acid groups (broad SMARTS) is 1. The summed E-state index contributed by atoms with van der Waals surface area (Å²) in [6.45, 7) is 2.07. The minimum absolute atomic E-state index is 0.0946. The van der Waals surface area contributed by atoms with Gasteiger partial charge in [-0.25, -0.2) is 4.63 Å². The molecule has 0 aliphatic rings. The second kappa shape index (κ2) is 12.8. The molecule has 0 saturated carbocycles. The molecule has 0 amide bonds. The van der Waals surface area contributed by atoms with Gasteiger partial charge in [0.15, 0.2) is 0 Å². The molecule has 5 rings (SSSR count). The molecule has 9 nitrogen and oxygen atoms in total. The highest BCUT2D eigenvalue weighted by Gasteiger charge is 2.18. The van der Waals surface area contributed by atoms with Crippen molar-refractivity contribution in [1.82, 2.24) is 15.6 Å². The molecule has 3 N–H and O–H groups in total. The fourth-order valence-electron chi connectivity index (χ4n) is 4.43. The molecule has 0 radical (unpaired) electrons. The SMILES string of the molecule is Cc1c(COc2cc(OCc3ccc4nonc4c3)c(CN[C@H](CO)C(=O)O)cc2Cl)cccc1-c1ccccc1. The van der Waals surface area contributed by atoms with E-state index in [-0.39, 0.29) is 19.8 Å². The number of nitrogens with zero attached hydrogens (tertiary/aromatic N) is 2. The molecule has 0 aliphatic carbocycles. The van der Waals surface area contributed by atoms with Crippen molar-refractivity contribution in [2.24, 2.45) is 0 Å². The number of aromatic nitrogens is 2. The molecule has 0 spiro atoms. The van der Waals surface area contributed by atoms with Crippen LogP contribution in [0, 0.1) is 6.92 Å². The van der Waals surface area contributed by atoms with Crippen molar-refractivity contribution in [1.29, 1.82) is 0 Å². The van der Waals surface area contributed by atoms with E-state index in [1.807, 2.05) is 42.5 Å². The molecule has 10 heteroatoms. The van der Waals surface area contributed by atoms with Gasteiger partial charge in [0, 0.05) is 18.2 Å². The Labute approximate surface area is 241 Å². The average Bonchev–Trinajstić information content (AvgIpc) is 3.45. The summed E-state index contributed by atoms with van der Waals surface area (Å²) in [7, 11) is 0. The van der Waals surface area contributed by atoms with Crippen molar-refractivity contribution in [3.05, 3.63) is 106 Å². The van der Waals surface area contributed by atoms with Crippen LogP contribution in [0.15, 0.2) is 83.5 Å². The van der Waals surface area contributed by atoms with Crippen LogP contribution < -0.4 is 14.8 Å². The summed E-state index contributed by atoms with van der Waals surface area (Å²) in [5.41, 5.74) is 7.04. The third-order valence-corrected chi connectivity index (χ3v) is 7.06. The molecule has 0 bridgehead atoms. The molecular weight excluding hydrogens is 546 g/mol. The molecule has 5 aromatic rings. The number of fused-ring (bicyclic) bond motifs is 1. The summed E-state index contributed by atoms with van der Waals surface area (Å²) in [6, 6.07) is 23.9. The summed E-state index contributed by atoms with van der Waals surface area (Å²) >= 11 is 6.62. The molecule has 1 heterocycles. The standard InChI is InChI=1S/C31H28ClN3O6/c1-19-22(8-5-9-24(19)21-6-3-2-4-7-21)18-40-30-14-29(23(13-25(30)32)15-33-28(16-36)31(37)38)39-17-20-10-11-26-27(12-20)35-41-34-26/h2-14,28,33,36H,15-18H2,1H3,(H,37,38)/t28-/m1/s1. The summed E-state index contributed by atoms with van der Waals surface area (Å²) in [4.78, 5) is 11.4. The monoisotopic (exact) mass is 573 g/mol. The highest BCUT2D eigenvalue weighted by atomic mass is 35.5. The van der Waals surface area contributed by atoms with Crippen LogP contribution in [0.4, 0.5) is 0 Å². The molecule has 0 aliphatic heterocycles. The Morgan fingerprint density at radius 2 is 1.71 bits per heavy atom. The van der Waals surface area contributed by atoms with Gasteiger partial charge < -0.3 is 19.7 Å². The molecule has 0 fully saturated rings. The number of benzene rings is 4. The largest absolute Gasteiger partial charge is 0.488 e. The van der Waals surface area contributed by atoms with Crippen molar-refractivity contribution in [3.63, 3.8) is 0 Å². The van der Waals surface area contributed by atoms with E-state index < -0.39 is 18.6 Å². The zero-order chi connectivity index (χ0) is 28.8. The predicted octanol–water partition coefficient (Wildman–Crippen LogP) is 5.54. The van der Waals surface area contributed by atoms with Crippen LogP contribution in [-0.4, -0.2) is 39.1 Å². The number of aliphatic hydroxyl groups is 1. The number of hydrogen-bond donors (Lipinski definition) is 3. The van der Waals surface area contributed by atoms with Crippen molar-refractivity contribution < 1.29 is 29.1 Å². The van der Waals surface area contributed by atoms with Crippen LogP contribution in [0.5, 0.6) is 11.5 Å². The highest BCUT2D eigenvalue weighted by molar-refractivity contribution is 6.32. The van der Waals surface area contributed by atoms with Gasteiger partial charge >= 0.3 is 5.97 Å². The molecule has 210 valence electrons. The van der Waals surface area contributed by atoms with Gasteiger partial charge in [-0.1, -0.05) is 66.2 Å². The van der Waals surface area contributed by atoms with Crippen LogP contribution in [0.1, 0.15) is 22.3 Å². The number of aliphatic carboxylic acids is 1. The third-order valence-electron chi connectivity index (χ3n) is 6.76. The van der Waals surface area contributed by atoms with Crippen molar-refractivity contribution >= 4 is 28.6 Å². The topological polar surface area (TPSA) is 127 Å². The van der Waals surface area contributed by atoms with Gasteiger partial charge in [-0.05, 0) is 63.3 Å². The number of carbonyl (C=O) groups is 1. The quantitative estimate of drug-likeness (QED) is 0.176. The second-order valence-corrected chi connectivity index (χ2v) is 9.87. The molecule has 0 unspecified atom stereocenters. The lowest BCUT2D eigenvalue weighted by Gasteiger charge is -2.18. The van der Waals surface area contributed by atoms with E-state index in [0.717, 1.165) is 27.8 Å². The maximum absolute atomic E-state index is 11.4. The van der Waals surface area contributed by atoms with Crippen LogP contribution in [0.3, 0.4) is 0 Å². The number of hydrogen-bond acceptors (Lipinski definition) is 8. The van der Waals surface area contributed by atoms with Gasteiger partial charge in [0.2, 0.25) is 0 Å². The number of ether oxygens (including phenoxy) is 2. The maximum atomic E-state index is 11.4. The van der Waals surface area contributed by atoms with Crippen molar-refractivity contribution in [2.45, 2.75) is 32.7 Å². The van der Waals surface area contributed by atoms with E-state index in [1.165, 1.54) is 0 Å². The Morgan fingerprint density at radius 1 is 0.927 bits per heavy atom. The first-order valence-corrected chi connectivity index (χ1v) is 13.3. The zero-order valence-corrected chi connectivity index (χ0v) is 23.0. The van der Waals surface area contributed by atoms with E-state index in [9.17, 15) is 15.0 Å². The summed E-state index contributed by atoms with van der Waals surface area (Å²) in [6.07, 6.45) is 0. The second-order valence-electron chi connectivity index (χ2n) is 9.47. The molecular formula is C31H28ClN3O6. The first kappa shape index (κ1) is 28.1. The molecule has 41 heavy (non-hydrogen) atoms. The Bertz CT molecular complexity index is 1660. The Balaban J connectivity index is 1.38. The van der Waals surface area contributed by atoms with E-state index in [1.54, 1.807) is 18.2 Å². The summed E-state index contributed by atoms with van der Waals surface area (Å²) in [5.74, 6) is -0.293. The number of carboxylic acids is 1. The first-order valence-electron chi connectivity index (χ1n) is 12.9. The fraction of sp³-hybridized carbons (Fsp3) is 0.194. The lowest BCUT2D eigenvalue weighted by molar-refractivity contribution is -0.140. The Morgan fingerprint density at radius 3 is 2.49 bits per heavy atom. The first-order chi connectivity index (χ1) is 19.9. The van der Waals surface area contributed by atoms with E-state index >= 15 is 0 Å². The minimum Gasteiger partial charge on any atom is -0.488 e. The van der Waals surface area contributed by atoms with Gasteiger partial charge in [-0.3, -0.25) is 10.1 Å². The van der Waals surface area contributed by atoms with Crippen LogP contribution >= 0.6 is 11.6 Å². The fourth-order valence-corrected chi connectivity index (χ4v) is 4.67. The van der Waals surface area contributed by atoms with E-state index in [0.29, 0.717) is 33.1 Å². The number of nitrogens with one attached hydrogen (secondary N) is 1. The Kier molecular flexibility index (Phi) is 8.79. The normalized spacial score (nSPS) is 11.9. The van der Waals surface area contributed by atoms with Crippen LogP contribution in [0.25, 0.3) is 22.2 Å². The number of rotatable bonds is 12. The smallest absolute Gasteiger partial charge is 0.323 e. The molecule has 1 atom stereocenters. The van der Waals surface area contributed by atoms with Gasteiger partial charge in [-0.2, -0.15) is 0 Å². The predicted molar refractivity (Wildman–Crippen MR) is 154 cm³/mol. The molecule has 1 aromatic heterocycles. The van der Waals surface area contributed by atoms with Crippen LogP contribution in [0.2, 0.25) is 5.02 Å². The van der Waals surface area contributed by atoms with E-state index in [4.69, 9.17) is 25.7 Å². The van der Waals surface area contributed by atoms with Gasteiger partial charge in [0.25, 0.3) is 0 Å². The third kappa shape index (κ3) is 6.66.